The Morgan fingerprint density at radius 3 is 2.76 bits per heavy atom. The molecule has 0 bridgehead atoms. The highest BCUT2D eigenvalue weighted by Crippen LogP contribution is 2.23. The third-order valence-electron chi connectivity index (χ3n) is 2.81. The van der Waals surface area contributed by atoms with E-state index in [4.69, 9.17) is 0 Å². The summed E-state index contributed by atoms with van der Waals surface area (Å²) in [5.41, 5.74) is 0.494. The number of amides is 1. The molecule has 0 radical (unpaired) electrons. The summed E-state index contributed by atoms with van der Waals surface area (Å²) in [5, 5.41) is 17.6. The summed E-state index contributed by atoms with van der Waals surface area (Å²) in [6, 6.07) is 1.89. The zero-order valence-electron chi connectivity index (χ0n) is 10.7. The van der Waals surface area contributed by atoms with Crippen LogP contribution >= 0.6 is 11.3 Å². The highest BCUT2D eigenvalue weighted by molar-refractivity contribution is 7.10. The summed E-state index contributed by atoms with van der Waals surface area (Å²) in [6.07, 6.45) is -0.438. The van der Waals surface area contributed by atoms with Crippen LogP contribution in [0.2, 0.25) is 0 Å². The average Bonchev–Trinajstić information content (AvgIpc) is 2.61. The summed E-state index contributed by atoms with van der Waals surface area (Å²) < 4.78 is 0. The summed E-state index contributed by atoms with van der Waals surface area (Å²) in [6.45, 7) is 7.78. The SMILES string of the molecule is CC(=O)Nc1ccsc1CNC(C)(C)C(C)O. The Labute approximate surface area is 106 Å². The largest absolute Gasteiger partial charge is 0.392 e. The minimum absolute atomic E-state index is 0.0700. The summed E-state index contributed by atoms with van der Waals surface area (Å²) in [4.78, 5) is 12.1. The van der Waals surface area contributed by atoms with Crippen molar-refractivity contribution in [1.29, 1.82) is 0 Å². The van der Waals surface area contributed by atoms with Crippen LogP contribution < -0.4 is 10.6 Å². The van der Waals surface area contributed by atoms with Crippen molar-refractivity contribution in [2.45, 2.75) is 45.9 Å². The number of thiophene rings is 1. The van der Waals surface area contributed by atoms with E-state index in [0.29, 0.717) is 6.54 Å². The van der Waals surface area contributed by atoms with Gasteiger partial charge in [-0.3, -0.25) is 4.79 Å². The molecular formula is C12H20N2O2S. The Hall–Kier alpha value is -0.910. The molecule has 0 saturated heterocycles. The van der Waals surface area contributed by atoms with Crippen molar-refractivity contribution < 1.29 is 9.90 Å². The second-order valence-electron chi connectivity index (χ2n) is 4.69. The topological polar surface area (TPSA) is 61.4 Å². The van der Waals surface area contributed by atoms with E-state index in [9.17, 15) is 9.90 Å². The number of hydrogen-bond acceptors (Lipinski definition) is 4. The fraction of sp³-hybridized carbons (Fsp3) is 0.583. The molecule has 0 aliphatic carbocycles. The fourth-order valence-electron chi connectivity index (χ4n) is 1.23. The third-order valence-corrected chi connectivity index (χ3v) is 3.73. The Bertz CT molecular complexity index is 386. The zero-order valence-corrected chi connectivity index (χ0v) is 11.5. The van der Waals surface area contributed by atoms with Gasteiger partial charge in [0.05, 0.1) is 11.8 Å². The number of nitrogens with one attached hydrogen (secondary N) is 2. The summed E-state index contributed by atoms with van der Waals surface area (Å²) in [7, 11) is 0. The zero-order chi connectivity index (χ0) is 13.1. The van der Waals surface area contributed by atoms with Gasteiger partial charge in [0.25, 0.3) is 0 Å². The first kappa shape index (κ1) is 14.2. The van der Waals surface area contributed by atoms with Crippen molar-refractivity contribution in [1.82, 2.24) is 5.32 Å². The first-order valence-corrected chi connectivity index (χ1v) is 6.48. The van der Waals surface area contributed by atoms with Crippen molar-refractivity contribution >= 4 is 22.9 Å². The standard InChI is InChI=1S/C12H20N2O2S/c1-8(15)12(3,4)13-7-11-10(5-6-17-11)14-9(2)16/h5-6,8,13,15H,7H2,1-4H3,(H,14,16). The van der Waals surface area contributed by atoms with Crippen LogP contribution in [0.15, 0.2) is 11.4 Å². The summed E-state index contributed by atoms with van der Waals surface area (Å²) in [5.74, 6) is -0.0700. The molecule has 17 heavy (non-hydrogen) atoms. The number of aliphatic hydroxyl groups excluding tert-OH is 1. The van der Waals surface area contributed by atoms with Gasteiger partial charge in [-0.05, 0) is 32.2 Å². The molecule has 0 fully saturated rings. The minimum atomic E-state index is -0.438. The van der Waals surface area contributed by atoms with Crippen molar-refractivity contribution in [3.05, 3.63) is 16.3 Å². The van der Waals surface area contributed by atoms with E-state index in [2.05, 4.69) is 10.6 Å². The minimum Gasteiger partial charge on any atom is -0.392 e. The smallest absolute Gasteiger partial charge is 0.221 e. The maximum absolute atomic E-state index is 11.0. The lowest BCUT2D eigenvalue weighted by Gasteiger charge is -2.29. The molecule has 1 amide bonds. The predicted molar refractivity (Wildman–Crippen MR) is 71.2 cm³/mol. The van der Waals surface area contributed by atoms with Crippen LogP contribution in [0.3, 0.4) is 0 Å². The first-order chi connectivity index (χ1) is 7.83. The van der Waals surface area contributed by atoms with Gasteiger partial charge >= 0.3 is 0 Å². The molecule has 1 atom stereocenters. The molecule has 0 aliphatic rings. The van der Waals surface area contributed by atoms with E-state index in [0.717, 1.165) is 10.6 Å². The lowest BCUT2D eigenvalue weighted by molar-refractivity contribution is -0.114. The van der Waals surface area contributed by atoms with Crippen LogP contribution in [0.4, 0.5) is 5.69 Å². The molecule has 96 valence electrons. The fourth-order valence-corrected chi connectivity index (χ4v) is 2.00. The Kier molecular flexibility index (Phi) is 4.68. The highest BCUT2D eigenvalue weighted by atomic mass is 32.1. The average molecular weight is 256 g/mol. The van der Waals surface area contributed by atoms with Crippen molar-refractivity contribution in [2.75, 3.05) is 5.32 Å². The first-order valence-electron chi connectivity index (χ1n) is 5.60. The maximum atomic E-state index is 11.0. The Balaban J connectivity index is 2.63. The normalized spacial score (nSPS) is 13.5. The lowest BCUT2D eigenvalue weighted by atomic mass is 9.99. The number of rotatable bonds is 5. The van der Waals surface area contributed by atoms with Crippen LogP contribution in [0, 0.1) is 0 Å². The van der Waals surface area contributed by atoms with Crippen LogP contribution in [0.5, 0.6) is 0 Å². The summed E-state index contributed by atoms with van der Waals surface area (Å²) >= 11 is 1.59. The van der Waals surface area contributed by atoms with Gasteiger partial charge in [-0.1, -0.05) is 0 Å². The quantitative estimate of drug-likeness (QED) is 0.754. The van der Waals surface area contributed by atoms with Crippen molar-refractivity contribution in [2.24, 2.45) is 0 Å². The number of carbonyl (C=O) groups excluding carboxylic acids is 1. The van der Waals surface area contributed by atoms with E-state index < -0.39 is 6.10 Å². The van der Waals surface area contributed by atoms with E-state index in [1.165, 1.54) is 6.92 Å². The predicted octanol–water partition coefficient (Wildman–Crippen LogP) is 1.96. The van der Waals surface area contributed by atoms with Gasteiger partial charge in [-0.2, -0.15) is 0 Å². The second-order valence-corrected chi connectivity index (χ2v) is 5.69. The molecule has 3 N–H and O–H groups in total. The molecule has 1 unspecified atom stereocenters. The Morgan fingerprint density at radius 2 is 2.24 bits per heavy atom. The molecule has 1 heterocycles. The molecule has 4 nitrogen and oxygen atoms in total. The van der Waals surface area contributed by atoms with Gasteiger partial charge < -0.3 is 15.7 Å². The van der Waals surface area contributed by atoms with Crippen LogP contribution in [0.25, 0.3) is 0 Å². The van der Waals surface area contributed by atoms with Gasteiger partial charge in [0, 0.05) is 23.9 Å². The van der Waals surface area contributed by atoms with E-state index in [-0.39, 0.29) is 11.4 Å². The van der Waals surface area contributed by atoms with Crippen molar-refractivity contribution in [3.8, 4) is 0 Å². The highest BCUT2D eigenvalue weighted by Gasteiger charge is 2.23. The van der Waals surface area contributed by atoms with Crippen LogP contribution in [0.1, 0.15) is 32.6 Å². The molecular weight excluding hydrogens is 236 g/mol. The monoisotopic (exact) mass is 256 g/mol. The van der Waals surface area contributed by atoms with Crippen molar-refractivity contribution in [3.63, 3.8) is 0 Å². The van der Waals surface area contributed by atoms with Crippen LogP contribution in [-0.2, 0) is 11.3 Å². The van der Waals surface area contributed by atoms with Gasteiger partial charge in [-0.15, -0.1) is 11.3 Å². The number of anilines is 1. The van der Waals surface area contributed by atoms with Gasteiger partial charge in [-0.25, -0.2) is 0 Å². The Morgan fingerprint density at radius 1 is 1.59 bits per heavy atom. The molecule has 0 aliphatic heterocycles. The molecule has 1 aromatic rings. The van der Waals surface area contributed by atoms with E-state index in [1.807, 2.05) is 25.3 Å². The molecule has 0 saturated carbocycles. The van der Waals surface area contributed by atoms with Gasteiger partial charge in [0.2, 0.25) is 5.91 Å². The number of hydrogen-bond donors (Lipinski definition) is 3. The van der Waals surface area contributed by atoms with Gasteiger partial charge in [0.1, 0.15) is 0 Å². The lowest BCUT2D eigenvalue weighted by Crippen LogP contribution is -2.47. The molecule has 1 aromatic heterocycles. The second kappa shape index (κ2) is 5.62. The van der Waals surface area contributed by atoms with Gasteiger partial charge in [0.15, 0.2) is 0 Å². The van der Waals surface area contributed by atoms with E-state index >= 15 is 0 Å². The number of carbonyl (C=O) groups is 1. The van der Waals surface area contributed by atoms with Crippen LogP contribution in [-0.4, -0.2) is 22.7 Å². The maximum Gasteiger partial charge on any atom is 0.221 e. The molecule has 0 spiro atoms. The molecule has 0 aromatic carbocycles. The third kappa shape index (κ3) is 4.11. The molecule has 5 heteroatoms. The molecule has 1 rings (SSSR count). The van der Waals surface area contributed by atoms with E-state index in [1.54, 1.807) is 18.3 Å². The number of aliphatic hydroxyl groups is 1.